The number of carbonyl (C=O) groups is 2. The van der Waals surface area contributed by atoms with Crippen LogP contribution in [0.2, 0.25) is 10.0 Å². The molecule has 3 aromatic rings. The molecule has 0 aliphatic heterocycles. The smallest absolute Gasteiger partial charge is 0.345 e. The fourth-order valence-electron chi connectivity index (χ4n) is 2.47. The predicted octanol–water partition coefficient (Wildman–Crippen LogP) is 4.88. The number of esters is 1. The van der Waals surface area contributed by atoms with Crippen LogP contribution < -0.4 is 10.2 Å². The molecule has 0 unspecified atom stereocenters. The van der Waals surface area contributed by atoms with Gasteiger partial charge in [0.1, 0.15) is 5.75 Å². The van der Waals surface area contributed by atoms with Crippen LogP contribution in [0.1, 0.15) is 26.3 Å². The van der Waals surface area contributed by atoms with Crippen molar-refractivity contribution in [3.8, 4) is 5.75 Å². The molecule has 0 aliphatic carbocycles. The Bertz CT molecular complexity index is 1200. The van der Waals surface area contributed by atoms with E-state index < -0.39 is 16.8 Å². The molecular formula is C21H13Cl2N3O5. The van der Waals surface area contributed by atoms with Gasteiger partial charge < -0.3 is 4.74 Å². The van der Waals surface area contributed by atoms with Gasteiger partial charge in [-0.05, 0) is 42.0 Å². The highest BCUT2D eigenvalue weighted by Crippen LogP contribution is 2.23. The van der Waals surface area contributed by atoms with Gasteiger partial charge in [-0.2, -0.15) is 5.10 Å². The zero-order valence-corrected chi connectivity index (χ0v) is 17.1. The van der Waals surface area contributed by atoms with E-state index in [0.29, 0.717) is 10.6 Å². The van der Waals surface area contributed by atoms with E-state index in [-0.39, 0.29) is 27.6 Å². The van der Waals surface area contributed by atoms with Gasteiger partial charge in [-0.3, -0.25) is 14.9 Å². The maximum atomic E-state index is 12.3. The summed E-state index contributed by atoms with van der Waals surface area (Å²) in [5.41, 5.74) is 2.87. The Morgan fingerprint density at radius 3 is 2.55 bits per heavy atom. The minimum absolute atomic E-state index is 0.0915. The lowest BCUT2D eigenvalue weighted by Crippen LogP contribution is -2.17. The maximum absolute atomic E-state index is 12.3. The van der Waals surface area contributed by atoms with Crippen LogP contribution in [-0.4, -0.2) is 23.0 Å². The van der Waals surface area contributed by atoms with Crippen LogP contribution in [0, 0.1) is 10.1 Å². The molecule has 0 saturated carbocycles. The van der Waals surface area contributed by atoms with Gasteiger partial charge in [-0.25, -0.2) is 10.2 Å². The van der Waals surface area contributed by atoms with Crippen LogP contribution in [0.5, 0.6) is 5.75 Å². The van der Waals surface area contributed by atoms with Gasteiger partial charge in [0, 0.05) is 22.7 Å². The zero-order chi connectivity index (χ0) is 22.4. The molecule has 1 N–H and O–H groups in total. The number of ether oxygens (including phenoxy) is 1. The number of carbonyl (C=O) groups excluding carboxylic acids is 2. The van der Waals surface area contributed by atoms with Crippen molar-refractivity contribution in [1.29, 1.82) is 0 Å². The first-order valence-electron chi connectivity index (χ1n) is 8.68. The maximum Gasteiger partial charge on any atom is 0.345 e. The van der Waals surface area contributed by atoms with E-state index in [1.54, 1.807) is 18.2 Å². The Hall–Kier alpha value is -3.75. The van der Waals surface area contributed by atoms with E-state index in [0.717, 1.165) is 6.07 Å². The molecule has 3 rings (SSSR count). The normalized spacial score (nSPS) is 10.6. The van der Waals surface area contributed by atoms with Crippen molar-refractivity contribution < 1.29 is 19.2 Å². The number of hydrazone groups is 1. The molecule has 0 bridgehead atoms. The first-order valence-corrected chi connectivity index (χ1v) is 9.44. The minimum Gasteiger partial charge on any atom is -0.423 e. The second kappa shape index (κ2) is 9.84. The quantitative estimate of drug-likeness (QED) is 0.186. The summed E-state index contributed by atoms with van der Waals surface area (Å²) in [4.78, 5) is 34.6. The number of nitrogens with one attached hydrogen (secondary N) is 1. The number of hydrogen-bond acceptors (Lipinski definition) is 6. The fourth-order valence-corrected chi connectivity index (χ4v) is 2.95. The van der Waals surface area contributed by atoms with Crippen LogP contribution in [0.3, 0.4) is 0 Å². The molecule has 156 valence electrons. The highest BCUT2D eigenvalue weighted by atomic mass is 35.5. The number of nitro benzene ring substituents is 1. The monoisotopic (exact) mass is 457 g/mol. The van der Waals surface area contributed by atoms with Gasteiger partial charge in [-0.15, -0.1) is 0 Å². The van der Waals surface area contributed by atoms with Crippen LogP contribution in [0.4, 0.5) is 5.69 Å². The van der Waals surface area contributed by atoms with Gasteiger partial charge >= 0.3 is 5.97 Å². The predicted molar refractivity (Wildman–Crippen MR) is 116 cm³/mol. The lowest BCUT2D eigenvalue weighted by atomic mass is 10.2. The molecule has 10 heteroatoms. The largest absolute Gasteiger partial charge is 0.423 e. The molecule has 0 atom stereocenters. The van der Waals surface area contributed by atoms with E-state index in [1.165, 1.54) is 48.7 Å². The summed E-state index contributed by atoms with van der Waals surface area (Å²) in [6.07, 6.45) is 1.34. The van der Waals surface area contributed by atoms with Gasteiger partial charge in [0.05, 0.1) is 21.7 Å². The number of benzene rings is 3. The molecule has 0 heterocycles. The Morgan fingerprint density at radius 1 is 1.03 bits per heavy atom. The molecule has 1 amide bonds. The van der Waals surface area contributed by atoms with Crippen LogP contribution in [0.25, 0.3) is 0 Å². The summed E-state index contributed by atoms with van der Waals surface area (Å²) >= 11 is 11.8. The Morgan fingerprint density at radius 2 is 1.81 bits per heavy atom. The Labute approximate surface area is 186 Å². The Kier molecular flexibility index (Phi) is 6.96. The summed E-state index contributed by atoms with van der Waals surface area (Å²) in [6.45, 7) is 0. The van der Waals surface area contributed by atoms with E-state index >= 15 is 0 Å². The number of amides is 1. The Balaban J connectivity index is 1.65. The molecular weight excluding hydrogens is 445 g/mol. The van der Waals surface area contributed by atoms with Crippen molar-refractivity contribution in [2.75, 3.05) is 0 Å². The van der Waals surface area contributed by atoms with Crippen molar-refractivity contribution >= 4 is 47.0 Å². The summed E-state index contributed by atoms with van der Waals surface area (Å²) < 4.78 is 5.31. The van der Waals surface area contributed by atoms with Crippen LogP contribution in [0.15, 0.2) is 71.8 Å². The zero-order valence-electron chi connectivity index (χ0n) is 15.6. The average Bonchev–Trinajstić information content (AvgIpc) is 2.74. The SMILES string of the molecule is O=C(NN=Cc1cccc(OC(=O)c2ccc(Cl)cc2Cl)c1)c1cccc([N+](=O)[O-])c1. The second-order valence-corrected chi connectivity index (χ2v) is 6.94. The third-order valence-electron chi connectivity index (χ3n) is 3.92. The molecule has 31 heavy (non-hydrogen) atoms. The number of hydrogen-bond donors (Lipinski definition) is 1. The van der Waals surface area contributed by atoms with E-state index in [4.69, 9.17) is 27.9 Å². The highest BCUT2D eigenvalue weighted by Gasteiger charge is 2.14. The van der Waals surface area contributed by atoms with E-state index in [1.807, 2.05) is 0 Å². The van der Waals surface area contributed by atoms with Crippen molar-refractivity contribution in [3.63, 3.8) is 0 Å². The van der Waals surface area contributed by atoms with Gasteiger partial charge in [0.15, 0.2) is 0 Å². The topological polar surface area (TPSA) is 111 Å². The number of rotatable bonds is 6. The van der Waals surface area contributed by atoms with Crippen molar-refractivity contribution in [2.24, 2.45) is 5.10 Å². The van der Waals surface area contributed by atoms with Crippen molar-refractivity contribution in [3.05, 3.63) is 104 Å². The third-order valence-corrected chi connectivity index (χ3v) is 4.47. The molecule has 0 spiro atoms. The van der Waals surface area contributed by atoms with Crippen molar-refractivity contribution in [2.45, 2.75) is 0 Å². The standard InChI is InChI=1S/C21H13Cl2N3O5/c22-15-7-8-18(19(23)11-15)21(28)31-17-6-1-3-13(9-17)12-24-25-20(27)14-4-2-5-16(10-14)26(29)30/h1-12H,(H,25,27). The summed E-state index contributed by atoms with van der Waals surface area (Å²) in [6, 6.07) is 16.1. The molecule has 0 aromatic heterocycles. The van der Waals surface area contributed by atoms with Gasteiger partial charge in [0.25, 0.3) is 11.6 Å². The molecule has 0 saturated heterocycles. The minimum atomic E-state index is -0.658. The van der Waals surface area contributed by atoms with Crippen molar-refractivity contribution in [1.82, 2.24) is 5.43 Å². The number of halogens is 2. The molecule has 3 aromatic carbocycles. The lowest BCUT2D eigenvalue weighted by molar-refractivity contribution is -0.384. The highest BCUT2D eigenvalue weighted by molar-refractivity contribution is 6.36. The molecule has 0 aliphatic rings. The third kappa shape index (κ3) is 5.88. The first-order chi connectivity index (χ1) is 14.8. The van der Waals surface area contributed by atoms with E-state index in [9.17, 15) is 19.7 Å². The first kappa shape index (κ1) is 21.9. The summed E-state index contributed by atoms with van der Waals surface area (Å²) in [5.74, 6) is -1.03. The molecule has 8 nitrogen and oxygen atoms in total. The van der Waals surface area contributed by atoms with Crippen LogP contribution in [-0.2, 0) is 0 Å². The van der Waals surface area contributed by atoms with Gasteiger partial charge in [-0.1, -0.05) is 41.4 Å². The van der Waals surface area contributed by atoms with Crippen LogP contribution >= 0.6 is 23.2 Å². The average molecular weight is 458 g/mol. The molecule has 0 fully saturated rings. The number of nitrogens with zero attached hydrogens (tertiary/aromatic N) is 2. The summed E-state index contributed by atoms with van der Waals surface area (Å²) in [5, 5.41) is 15.2. The molecule has 0 radical (unpaired) electrons. The lowest BCUT2D eigenvalue weighted by Gasteiger charge is -2.07. The number of non-ortho nitro benzene ring substituents is 1. The summed E-state index contributed by atoms with van der Waals surface area (Å²) in [7, 11) is 0. The second-order valence-electron chi connectivity index (χ2n) is 6.09. The fraction of sp³-hybridized carbons (Fsp3) is 0. The van der Waals surface area contributed by atoms with Gasteiger partial charge in [0.2, 0.25) is 0 Å². The number of nitro groups is 1. The van der Waals surface area contributed by atoms with E-state index in [2.05, 4.69) is 10.5 Å².